The van der Waals surface area contributed by atoms with Gasteiger partial charge in [-0.25, -0.2) is 4.39 Å². The van der Waals surface area contributed by atoms with Gasteiger partial charge in [-0.15, -0.1) is 0 Å². The lowest BCUT2D eigenvalue weighted by Gasteiger charge is -2.16. The highest BCUT2D eigenvalue weighted by atomic mass is 79.9. The van der Waals surface area contributed by atoms with Crippen molar-refractivity contribution in [1.82, 2.24) is 4.90 Å². The van der Waals surface area contributed by atoms with Gasteiger partial charge in [0.25, 0.3) is 0 Å². The number of hydrogen-bond donors (Lipinski definition) is 1. The maximum Gasteiger partial charge on any atom is 0.238 e. The molecule has 122 valence electrons. The molecule has 1 amide bonds. The summed E-state index contributed by atoms with van der Waals surface area (Å²) in [4.78, 5) is 13.7. The van der Waals surface area contributed by atoms with Gasteiger partial charge in [0.15, 0.2) is 0 Å². The van der Waals surface area contributed by atoms with E-state index in [-0.39, 0.29) is 18.1 Å². The van der Waals surface area contributed by atoms with Crippen LogP contribution in [0, 0.1) is 5.82 Å². The molecule has 2 rings (SSSR count). The van der Waals surface area contributed by atoms with E-state index in [4.69, 9.17) is 4.74 Å². The maximum atomic E-state index is 13.5. The first-order chi connectivity index (χ1) is 11.0. The quantitative estimate of drug-likeness (QED) is 0.798. The van der Waals surface area contributed by atoms with Crippen molar-refractivity contribution in [2.45, 2.75) is 0 Å². The molecule has 2 aromatic rings. The van der Waals surface area contributed by atoms with E-state index in [1.807, 2.05) is 36.2 Å². The minimum Gasteiger partial charge on any atom is -0.492 e. The highest BCUT2D eigenvalue weighted by molar-refractivity contribution is 9.10. The van der Waals surface area contributed by atoms with Gasteiger partial charge in [-0.2, -0.15) is 0 Å². The molecule has 0 atom stereocenters. The van der Waals surface area contributed by atoms with E-state index in [0.717, 1.165) is 10.2 Å². The zero-order valence-corrected chi connectivity index (χ0v) is 14.3. The Balaban J connectivity index is 1.71. The van der Waals surface area contributed by atoms with E-state index in [1.165, 1.54) is 12.1 Å². The molecule has 0 aliphatic heterocycles. The molecule has 2 aromatic carbocycles. The third-order valence-corrected chi connectivity index (χ3v) is 3.65. The fraction of sp³-hybridized carbons (Fsp3) is 0.235. The van der Waals surface area contributed by atoms with Crippen LogP contribution in [0.5, 0.6) is 5.75 Å². The minimum atomic E-state index is -0.443. The number of anilines is 1. The van der Waals surface area contributed by atoms with Crippen LogP contribution in [0.15, 0.2) is 53.0 Å². The Morgan fingerprint density at radius 3 is 2.61 bits per heavy atom. The molecule has 0 radical (unpaired) electrons. The molecule has 0 heterocycles. The lowest BCUT2D eigenvalue weighted by Crippen LogP contribution is -2.33. The van der Waals surface area contributed by atoms with E-state index >= 15 is 0 Å². The van der Waals surface area contributed by atoms with Gasteiger partial charge in [0.1, 0.15) is 18.2 Å². The minimum absolute atomic E-state index is 0.165. The predicted octanol–water partition coefficient (Wildman–Crippen LogP) is 3.54. The average molecular weight is 381 g/mol. The second-order valence-electron chi connectivity index (χ2n) is 5.07. The monoisotopic (exact) mass is 380 g/mol. The Kier molecular flexibility index (Phi) is 6.55. The molecule has 4 nitrogen and oxygen atoms in total. The standard InChI is InChI=1S/C17H18BrFN2O2/c1-21(10-11-23-14-8-6-13(18)7-9-14)12-17(22)20-16-5-3-2-4-15(16)19/h2-9H,10-12H2,1H3,(H,20,22). The number of para-hydroxylation sites is 1. The molecule has 0 saturated heterocycles. The number of nitrogens with zero attached hydrogens (tertiary/aromatic N) is 1. The highest BCUT2D eigenvalue weighted by Gasteiger charge is 2.09. The summed E-state index contributed by atoms with van der Waals surface area (Å²) in [6, 6.07) is 13.6. The van der Waals surface area contributed by atoms with Crippen molar-refractivity contribution < 1.29 is 13.9 Å². The summed E-state index contributed by atoms with van der Waals surface area (Å²) in [5.41, 5.74) is 0.192. The van der Waals surface area contributed by atoms with E-state index < -0.39 is 5.82 Å². The summed E-state index contributed by atoms with van der Waals surface area (Å²) in [6.45, 7) is 1.21. The van der Waals surface area contributed by atoms with Gasteiger partial charge in [0, 0.05) is 11.0 Å². The summed E-state index contributed by atoms with van der Waals surface area (Å²) in [6.07, 6.45) is 0. The van der Waals surface area contributed by atoms with E-state index in [9.17, 15) is 9.18 Å². The SMILES string of the molecule is CN(CCOc1ccc(Br)cc1)CC(=O)Nc1ccccc1F. The molecule has 0 bridgehead atoms. The summed E-state index contributed by atoms with van der Waals surface area (Å²) >= 11 is 3.36. The first kappa shape index (κ1) is 17.4. The zero-order chi connectivity index (χ0) is 16.7. The maximum absolute atomic E-state index is 13.5. The fourth-order valence-electron chi connectivity index (χ4n) is 1.93. The van der Waals surface area contributed by atoms with Crippen molar-refractivity contribution in [2.75, 3.05) is 32.1 Å². The van der Waals surface area contributed by atoms with Crippen LogP contribution in [-0.4, -0.2) is 37.6 Å². The molecule has 1 N–H and O–H groups in total. The van der Waals surface area contributed by atoms with Crippen LogP contribution in [-0.2, 0) is 4.79 Å². The summed E-state index contributed by atoms with van der Waals surface area (Å²) in [5, 5.41) is 2.55. The zero-order valence-electron chi connectivity index (χ0n) is 12.8. The van der Waals surface area contributed by atoms with Gasteiger partial charge in [-0.3, -0.25) is 9.69 Å². The van der Waals surface area contributed by atoms with Gasteiger partial charge < -0.3 is 10.1 Å². The van der Waals surface area contributed by atoms with Gasteiger partial charge in [0.05, 0.1) is 12.2 Å². The van der Waals surface area contributed by atoms with Gasteiger partial charge in [-0.1, -0.05) is 28.1 Å². The fourth-order valence-corrected chi connectivity index (χ4v) is 2.19. The molecule has 0 aliphatic rings. The number of carbonyl (C=O) groups excluding carboxylic acids is 1. The van der Waals surface area contributed by atoms with Gasteiger partial charge >= 0.3 is 0 Å². The Bertz CT molecular complexity index is 649. The molecule has 0 spiro atoms. The molecule has 6 heteroatoms. The molecular weight excluding hydrogens is 363 g/mol. The van der Waals surface area contributed by atoms with Crippen LogP contribution in [0.4, 0.5) is 10.1 Å². The number of ether oxygens (including phenoxy) is 1. The van der Waals surface area contributed by atoms with Crippen LogP contribution in [0.3, 0.4) is 0 Å². The van der Waals surface area contributed by atoms with E-state index in [1.54, 1.807) is 12.1 Å². The predicted molar refractivity (Wildman–Crippen MR) is 92.2 cm³/mol. The number of benzene rings is 2. The van der Waals surface area contributed by atoms with Crippen LogP contribution < -0.4 is 10.1 Å². The van der Waals surface area contributed by atoms with E-state index in [2.05, 4.69) is 21.2 Å². The van der Waals surface area contributed by atoms with Gasteiger partial charge in [0.2, 0.25) is 5.91 Å². The number of likely N-dealkylation sites (N-methyl/N-ethyl adjacent to an activating group) is 1. The smallest absolute Gasteiger partial charge is 0.238 e. The van der Waals surface area contributed by atoms with Crippen molar-refractivity contribution >= 4 is 27.5 Å². The van der Waals surface area contributed by atoms with Crippen LogP contribution in [0.1, 0.15) is 0 Å². The van der Waals surface area contributed by atoms with Crippen LogP contribution in [0.25, 0.3) is 0 Å². The van der Waals surface area contributed by atoms with Crippen molar-refractivity contribution in [3.05, 3.63) is 58.8 Å². The topological polar surface area (TPSA) is 41.6 Å². The average Bonchev–Trinajstić information content (AvgIpc) is 2.51. The Morgan fingerprint density at radius 2 is 1.91 bits per heavy atom. The number of nitrogens with one attached hydrogen (secondary N) is 1. The molecule has 0 unspecified atom stereocenters. The van der Waals surface area contributed by atoms with Crippen molar-refractivity contribution in [3.8, 4) is 5.75 Å². The van der Waals surface area contributed by atoms with Crippen molar-refractivity contribution in [2.24, 2.45) is 0 Å². The first-order valence-electron chi connectivity index (χ1n) is 7.16. The van der Waals surface area contributed by atoms with Crippen molar-refractivity contribution in [3.63, 3.8) is 0 Å². The second kappa shape index (κ2) is 8.64. The molecule has 23 heavy (non-hydrogen) atoms. The highest BCUT2D eigenvalue weighted by Crippen LogP contribution is 2.16. The first-order valence-corrected chi connectivity index (χ1v) is 7.95. The normalized spacial score (nSPS) is 10.6. The lowest BCUT2D eigenvalue weighted by molar-refractivity contribution is -0.117. The summed E-state index contributed by atoms with van der Waals surface area (Å²) < 4.78 is 20.0. The lowest BCUT2D eigenvalue weighted by atomic mass is 10.3. The molecular formula is C17H18BrFN2O2. The third kappa shape index (κ3) is 6.00. The van der Waals surface area contributed by atoms with Crippen molar-refractivity contribution in [1.29, 1.82) is 0 Å². The molecule has 0 saturated carbocycles. The number of halogens is 2. The number of amides is 1. The summed E-state index contributed by atoms with van der Waals surface area (Å²) in [7, 11) is 1.81. The molecule has 0 aromatic heterocycles. The third-order valence-electron chi connectivity index (χ3n) is 3.12. The summed E-state index contributed by atoms with van der Waals surface area (Å²) in [5.74, 6) is 0.0701. The number of carbonyl (C=O) groups is 1. The largest absolute Gasteiger partial charge is 0.492 e. The molecule has 0 aliphatic carbocycles. The Labute approximate surface area is 143 Å². The van der Waals surface area contributed by atoms with Crippen LogP contribution >= 0.6 is 15.9 Å². The molecule has 0 fully saturated rings. The Hall–Kier alpha value is -1.92. The van der Waals surface area contributed by atoms with Crippen LogP contribution in [0.2, 0.25) is 0 Å². The number of hydrogen-bond acceptors (Lipinski definition) is 3. The number of rotatable bonds is 7. The van der Waals surface area contributed by atoms with E-state index in [0.29, 0.717) is 13.2 Å². The Morgan fingerprint density at radius 1 is 1.22 bits per heavy atom. The second-order valence-corrected chi connectivity index (χ2v) is 5.98. The van der Waals surface area contributed by atoms with Gasteiger partial charge in [-0.05, 0) is 43.4 Å².